The summed E-state index contributed by atoms with van der Waals surface area (Å²) in [5.41, 5.74) is 5.09. The number of hydrogen-bond donors (Lipinski definition) is 1. The molecule has 0 bridgehead atoms. The molecule has 0 atom stereocenters. The molecule has 0 radical (unpaired) electrons. The minimum Gasteiger partial charge on any atom is -0.329 e. The fraction of sp³-hybridized carbons (Fsp3) is 1.00. The lowest BCUT2D eigenvalue weighted by atomic mass is 10.0. The molecule has 1 saturated heterocycles. The molecule has 17 heavy (non-hydrogen) atoms. The van der Waals surface area contributed by atoms with Crippen molar-refractivity contribution in [3.63, 3.8) is 0 Å². The summed E-state index contributed by atoms with van der Waals surface area (Å²) in [4.78, 5) is 0. The topological polar surface area (TPSA) is 66.6 Å². The first kappa shape index (κ1) is 14.9. The third-order valence-electron chi connectivity index (χ3n) is 3.77. The molecule has 1 heterocycles. The van der Waals surface area contributed by atoms with E-state index >= 15 is 0 Å². The summed E-state index contributed by atoms with van der Waals surface area (Å²) < 4.78 is 27.8. The van der Waals surface area contributed by atoms with Gasteiger partial charge in [0.15, 0.2) is 0 Å². The maximum Gasteiger partial charge on any atom is 0.282 e. The molecule has 0 spiro atoms. The van der Waals surface area contributed by atoms with Gasteiger partial charge in [0.2, 0.25) is 0 Å². The van der Waals surface area contributed by atoms with E-state index in [1.165, 1.54) is 4.31 Å². The zero-order valence-corrected chi connectivity index (χ0v) is 12.1. The molecule has 0 aliphatic carbocycles. The van der Waals surface area contributed by atoms with Gasteiger partial charge in [-0.05, 0) is 32.6 Å². The number of nitrogens with two attached hydrogens (primary N) is 1. The summed E-state index contributed by atoms with van der Waals surface area (Å²) in [5, 5.41) is 0. The van der Waals surface area contributed by atoms with Gasteiger partial charge in [0.05, 0.1) is 0 Å². The van der Waals surface area contributed by atoms with Crippen molar-refractivity contribution in [2.45, 2.75) is 39.2 Å². The van der Waals surface area contributed by atoms with Gasteiger partial charge in [-0.15, -0.1) is 0 Å². The predicted octanol–water partition coefficient (Wildman–Crippen LogP) is 0.632. The molecule has 0 aromatic carbocycles. The second-order valence-electron chi connectivity index (χ2n) is 5.57. The Morgan fingerprint density at radius 3 is 2.24 bits per heavy atom. The van der Waals surface area contributed by atoms with Crippen LogP contribution in [0.4, 0.5) is 0 Å². The van der Waals surface area contributed by atoms with Crippen molar-refractivity contribution in [1.29, 1.82) is 0 Å². The lowest BCUT2D eigenvalue weighted by Crippen LogP contribution is -2.55. The number of hydrogen-bond acceptors (Lipinski definition) is 3. The van der Waals surface area contributed by atoms with E-state index < -0.39 is 15.7 Å². The van der Waals surface area contributed by atoms with Crippen molar-refractivity contribution in [2.24, 2.45) is 11.7 Å². The maximum absolute atomic E-state index is 12.4. The summed E-state index contributed by atoms with van der Waals surface area (Å²) in [5.74, 6) is 0.620. The van der Waals surface area contributed by atoms with E-state index in [1.54, 1.807) is 11.4 Å². The highest BCUT2D eigenvalue weighted by Gasteiger charge is 2.37. The summed E-state index contributed by atoms with van der Waals surface area (Å²) in [6.45, 7) is 7.40. The Bertz CT molecular complexity index is 346. The third-order valence-corrected chi connectivity index (χ3v) is 5.97. The van der Waals surface area contributed by atoms with Crippen molar-refractivity contribution in [1.82, 2.24) is 8.61 Å². The third kappa shape index (κ3) is 3.19. The van der Waals surface area contributed by atoms with Crippen LogP contribution in [0.15, 0.2) is 0 Å². The van der Waals surface area contributed by atoms with Crippen LogP contribution in [0.3, 0.4) is 0 Å². The molecule has 5 nitrogen and oxygen atoms in total. The second-order valence-corrected chi connectivity index (χ2v) is 7.53. The van der Waals surface area contributed by atoms with Crippen molar-refractivity contribution >= 4 is 10.2 Å². The molecule has 0 saturated carbocycles. The average Bonchev–Trinajstić information content (AvgIpc) is 2.28. The van der Waals surface area contributed by atoms with E-state index in [9.17, 15) is 8.42 Å². The lowest BCUT2D eigenvalue weighted by molar-refractivity contribution is 0.225. The first-order valence-corrected chi connectivity index (χ1v) is 7.55. The molecule has 1 aliphatic heterocycles. The first-order valence-electron chi connectivity index (χ1n) is 6.16. The van der Waals surface area contributed by atoms with E-state index in [2.05, 4.69) is 6.92 Å². The molecule has 6 heteroatoms. The average molecular weight is 263 g/mol. The van der Waals surface area contributed by atoms with Crippen LogP contribution < -0.4 is 5.73 Å². The largest absolute Gasteiger partial charge is 0.329 e. The molecule has 1 aliphatic rings. The standard InChI is InChI=1S/C11H25N3O2S/c1-10-5-7-14(8-6-10)17(15,16)13(4)11(2,3)9-12/h10H,5-9,12H2,1-4H3. The number of rotatable bonds is 4. The van der Waals surface area contributed by atoms with Crippen LogP contribution in [-0.2, 0) is 10.2 Å². The van der Waals surface area contributed by atoms with Crippen LogP contribution in [0.25, 0.3) is 0 Å². The predicted molar refractivity (Wildman–Crippen MR) is 69.8 cm³/mol. The zero-order valence-electron chi connectivity index (χ0n) is 11.3. The molecule has 0 unspecified atom stereocenters. The monoisotopic (exact) mass is 263 g/mol. The minimum atomic E-state index is -3.37. The quantitative estimate of drug-likeness (QED) is 0.809. The maximum atomic E-state index is 12.4. The summed E-state index contributed by atoms with van der Waals surface area (Å²) in [7, 11) is -1.76. The van der Waals surface area contributed by atoms with Gasteiger partial charge >= 0.3 is 0 Å². The lowest BCUT2D eigenvalue weighted by Gasteiger charge is -2.39. The highest BCUT2D eigenvalue weighted by atomic mass is 32.2. The van der Waals surface area contributed by atoms with E-state index in [0.29, 0.717) is 25.6 Å². The molecule has 0 aromatic rings. The second kappa shape index (κ2) is 5.22. The number of likely N-dealkylation sites (N-methyl/N-ethyl adjacent to an activating group) is 1. The van der Waals surface area contributed by atoms with Crippen LogP contribution in [0.2, 0.25) is 0 Å². The molecule has 0 aromatic heterocycles. The first-order chi connectivity index (χ1) is 7.71. The Hall–Kier alpha value is -0.170. The Morgan fingerprint density at radius 2 is 1.82 bits per heavy atom. The van der Waals surface area contributed by atoms with Gasteiger partial charge < -0.3 is 5.73 Å². The molecule has 102 valence electrons. The van der Waals surface area contributed by atoms with Gasteiger partial charge in [-0.3, -0.25) is 0 Å². The highest BCUT2D eigenvalue weighted by molar-refractivity contribution is 7.86. The van der Waals surface area contributed by atoms with Crippen molar-refractivity contribution in [3.05, 3.63) is 0 Å². The Labute approximate surface area is 105 Å². The summed E-state index contributed by atoms with van der Waals surface area (Å²) in [6.07, 6.45) is 1.88. The Balaban J connectivity index is 2.81. The Kier molecular flexibility index (Phi) is 4.57. The van der Waals surface area contributed by atoms with Gasteiger partial charge in [-0.2, -0.15) is 17.0 Å². The van der Waals surface area contributed by atoms with Crippen LogP contribution in [-0.4, -0.2) is 49.2 Å². The summed E-state index contributed by atoms with van der Waals surface area (Å²) >= 11 is 0. The van der Waals surface area contributed by atoms with Crippen molar-refractivity contribution in [2.75, 3.05) is 26.7 Å². The van der Waals surface area contributed by atoms with Gasteiger partial charge in [0.25, 0.3) is 10.2 Å². The smallest absolute Gasteiger partial charge is 0.282 e. The fourth-order valence-electron chi connectivity index (χ4n) is 1.83. The van der Waals surface area contributed by atoms with Gasteiger partial charge in [0, 0.05) is 32.2 Å². The number of nitrogens with zero attached hydrogens (tertiary/aromatic N) is 2. The van der Waals surface area contributed by atoms with Crippen LogP contribution in [0.5, 0.6) is 0 Å². The Morgan fingerprint density at radius 1 is 1.35 bits per heavy atom. The molecule has 0 amide bonds. The zero-order chi connectivity index (χ0) is 13.3. The van der Waals surface area contributed by atoms with E-state index in [4.69, 9.17) is 5.73 Å². The van der Waals surface area contributed by atoms with Crippen molar-refractivity contribution in [3.8, 4) is 0 Å². The SMILES string of the molecule is CC1CCN(S(=O)(=O)N(C)C(C)(C)CN)CC1. The molecular weight excluding hydrogens is 238 g/mol. The van der Waals surface area contributed by atoms with E-state index in [0.717, 1.165) is 12.8 Å². The molecule has 2 N–H and O–H groups in total. The summed E-state index contributed by atoms with van der Waals surface area (Å²) in [6, 6.07) is 0. The van der Waals surface area contributed by atoms with Gasteiger partial charge in [0.1, 0.15) is 0 Å². The molecule has 1 fully saturated rings. The normalized spacial score (nSPS) is 21.1. The van der Waals surface area contributed by atoms with Gasteiger partial charge in [-0.25, -0.2) is 0 Å². The van der Waals surface area contributed by atoms with Gasteiger partial charge in [-0.1, -0.05) is 6.92 Å². The van der Waals surface area contributed by atoms with E-state index in [1.807, 2.05) is 13.8 Å². The molecule has 1 rings (SSSR count). The number of piperidine rings is 1. The molecular formula is C11H25N3O2S. The van der Waals surface area contributed by atoms with E-state index in [-0.39, 0.29) is 0 Å². The van der Waals surface area contributed by atoms with Crippen LogP contribution in [0, 0.1) is 5.92 Å². The van der Waals surface area contributed by atoms with Crippen LogP contribution >= 0.6 is 0 Å². The minimum absolute atomic E-state index is 0.312. The van der Waals surface area contributed by atoms with Crippen molar-refractivity contribution < 1.29 is 8.42 Å². The fourth-order valence-corrected chi connectivity index (χ4v) is 3.55. The highest BCUT2D eigenvalue weighted by Crippen LogP contribution is 2.23. The van der Waals surface area contributed by atoms with Crippen LogP contribution in [0.1, 0.15) is 33.6 Å².